The third-order valence-electron chi connectivity index (χ3n) is 5.12. The maximum absolute atomic E-state index is 13.0. The summed E-state index contributed by atoms with van der Waals surface area (Å²) in [6, 6.07) is 14.0. The van der Waals surface area contributed by atoms with Gasteiger partial charge in [0.2, 0.25) is 11.6 Å². The van der Waals surface area contributed by atoms with E-state index in [0.29, 0.717) is 17.1 Å². The molecule has 1 unspecified atom stereocenters. The molecular formula is C22H21BrN4O6. The highest BCUT2D eigenvalue weighted by Gasteiger charge is 2.34. The summed E-state index contributed by atoms with van der Waals surface area (Å²) in [5.74, 6) is -0.719. The van der Waals surface area contributed by atoms with Gasteiger partial charge in [-0.2, -0.15) is 0 Å². The number of hydrogen-bond donors (Lipinski definition) is 1. The highest BCUT2D eigenvalue weighted by atomic mass is 79.9. The van der Waals surface area contributed by atoms with E-state index in [1.54, 1.807) is 55.6 Å². The van der Waals surface area contributed by atoms with Gasteiger partial charge in [0.25, 0.3) is 11.6 Å². The molecule has 4 rings (SSSR count). The maximum atomic E-state index is 13.0. The van der Waals surface area contributed by atoms with Gasteiger partial charge in [-0.15, -0.1) is 0 Å². The second-order valence-electron chi connectivity index (χ2n) is 7.30. The molecule has 33 heavy (non-hydrogen) atoms. The van der Waals surface area contributed by atoms with Crippen LogP contribution in [0.4, 0.5) is 5.69 Å². The number of benzene rings is 2. The third kappa shape index (κ3) is 5.32. The van der Waals surface area contributed by atoms with Gasteiger partial charge in [0, 0.05) is 28.8 Å². The summed E-state index contributed by atoms with van der Waals surface area (Å²) in [5.41, 5.74) is 1.39. The summed E-state index contributed by atoms with van der Waals surface area (Å²) in [5, 5.41) is 18.8. The Bertz CT molecular complexity index is 1130. The molecule has 0 saturated carbocycles. The second-order valence-corrected chi connectivity index (χ2v) is 8.21. The van der Waals surface area contributed by atoms with E-state index in [4.69, 9.17) is 14.0 Å². The molecule has 11 heteroatoms. The van der Waals surface area contributed by atoms with Crippen LogP contribution in [0.2, 0.25) is 0 Å². The molecule has 10 nitrogen and oxygen atoms in total. The first-order chi connectivity index (χ1) is 15.9. The molecule has 0 radical (unpaired) electrons. The van der Waals surface area contributed by atoms with Crippen LogP contribution in [0.5, 0.6) is 11.7 Å². The molecule has 1 atom stereocenters. The number of ether oxygens (including phenoxy) is 2. The van der Waals surface area contributed by atoms with Crippen molar-refractivity contribution in [2.75, 3.05) is 25.6 Å². The molecular weight excluding hydrogens is 496 g/mol. The van der Waals surface area contributed by atoms with Gasteiger partial charge in [-0.05, 0) is 41.1 Å². The zero-order valence-corrected chi connectivity index (χ0v) is 19.3. The molecule has 1 aliphatic heterocycles. The Balaban J connectivity index is 1.44. The normalized spacial score (nSPS) is 16.0. The van der Waals surface area contributed by atoms with E-state index < -0.39 is 12.1 Å². The Labute approximate surface area is 197 Å². The molecule has 1 saturated heterocycles. The zero-order chi connectivity index (χ0) is 23.4. The summed E-state index contributed by atoms with van der Waals surface area (Å²) >= 11 is 3.34. The molecule has 0 spiro atoms. The smallest absolute Gasteiger partial charge is 0.259 e. The number of carbonyl (C=O) groups excluding carboxylic acids is 2. The van der Waals surface area contributed by atoms with Crippen LogP contribution in [0.15, 0.2) is 57.5 Å². The molecule has 2 heterocycles. The zero-order valence-electron chi connectivity index (χ0n) is 17.7. The predicted molar refractivity (Wildman–Crippen MR) is 117 cm³/mol. The fourth-order valence-corrected chi connectivity index (χ4v) is 3.68. The standard InChI is InChI=1S/C22H21BrN4O6/c1-31-17-8-6-16(7-9-17)27-18(22(30)33-25-27)13-26-10-11-32-19(21(26)29)12-20(28)24-15-4-2-14(23)3-5-15/h2-9,19H,10-13H2,1H3,(H-,24,25,28,30). The van der Waals surface area contributed by atoms with Crippen molar-refractivity contribution >= 4 is 33.4 Å². The Morgan fingerprint density at radius 1 is 1.27 bits per heavy atom. The van der Waals surface area contributed by atoms with Gasteiger partial charge in [0.15, 0.2) is 5.95 Å². The molecule has 3 aromatic rings. The van der Waals surface area contributed by atoms with Crippen LogP contribution >= 0.6 is 15.9 Å². The number of aromatic nitrogens is 2. The van der Waals surface area contributed by atoms with Crippen LogP contribution in [0.25, 0.3) is 5.69 Å². The summed E-state index contributed by atoms with van der Waals surface area (Å²) in [6.45, 7) is 0.488. The lowest BCUT2D eigenvalue weighted by molar-refractivity contribution is -0.678. The van der Waals surface area contributed by atoms with E-state index >= 15 is 0 Å². The van der Waals surface area contributed by atoms with Crippen LogP contribution in [0.3, 0.4) is 0 Å². The Hall–Kier alpha value is -3.44. The summed E-state index contributed by atoms with van der Waals surface area (Å²) in [4.78, 5) is 26.8. The first-order valence-corrected chi connectivity index (χ1v) is 10.9. The van der Waals surface area contributed by atoms with E-state index in [1.807, 2.05) is 0 Å². The van der Waals surface area contributed by atoms with Crippen molar-refractivity contribution in [3.8, 4) is 17.4 Å². The minimum absolute atomic E-state index is 0.0264. The van der Waals surface area contributed by atoms with Gasteiger partial charge in [-0.1, -0.05) is 15.9 Å². The van der Waals surface area contributed by atoms with Crippen LogP contribution < -0.4 is 19.8 Å². The first kappa shape index (κ1) is 22.7. The number of methoxy groups -OCH3 is 1. The molecule has 1 aromatic heterocycles. The summed E-state index contributed by atoms with van der Waals surface area (Å²) in [7, 11) is 1.55. The number of nitrogens with zero attached hydrogens (tertiary/aromatic N) is 3. The Morgan fingerprint density at radius 3 is 2.70 bits per heavy atom. The number of carbonyl (C=O) groups is 2. The van der Waals surface area contributed by atoms with Gasteiger partial charge in [-0.25, -0.2) is 0 Å². The predicted octanol–water partition coefficient (Wildman–Crippen LogP) is 1.55. The quantitative estimate of drug-likeness (QED) is 0.472. The molecule has 2 amide bonds. The molecule has 172 valence electrons. The van der Waals surface area contributed by atoms with E-state index in [9.17, 15) is 14.7 Å². The molecule has 1 aliphatic rings. The van der Waals surface area contributed by atoms with Crippen molar-refractivity contribution in [1.82, 2.24) is 10.2 Å². The lowest BCUT2D eigenvalue weighted by Gasteiger charge is -2.31. The monoisotopic (exact) mass is 516 g/mol. The number of hydrogen-bond acceptors (Lipinski definition) is 7. The van der Waals surface area contributed by atoms with Gasteiger partial charge >= 0.3 is 0 Å². The average molecular weight is 517 g/mol. The van der Waals surface area contributed by atoms with Crippen molar-refractivity contribution < 1.29 is 33.4 Å². The number of amides is 2. The van der Waals surface area contributed by atoms with Gasteiger partial charge in [0.1, 0.15) is 18.4 Å². The fraction of sp³-hybridized carbons (Fsp3) is 0.273. The Kier molecular flexibility index (Phi) is 6.90. The van der Waals surface area contributed by atoms with Crippen molar-refractivity contribution in [1.29, 1.82) is 0 Å². The van der Waals surface area contributed by atoms with Crippen LogP contribution in [-0.4, -0.2) is 48.4 Å². The highest BCUT2D eigenvalue weighted by Crippen LogP contribution is 2.20. The van der Waals surface area contributed by atoms with E-state index in [-0.39, 0.29) is 43.6 Å². The average Bonchev–Trinajstić information content (AvgIpc) is 3.18. The fourth-order valence-electron chi connectivity index (χ4n) is 3.41. The SMILES string of the molecule is COc1ccc(-[n+]2noc([O-])c2CN2CCOC(CC(=O)Nc3ccc(Br)cc3)C2=O)cc1. The lowest BCUT2D eigenvalue weighted by Crippen LogP contribution is -2.50. The molecule has 1 N–H and O–H groups in total. The van der Waals surface area contributed by atoms with Crippen molar-refractivity contribution in [3.05, 3.63) is 58.7 Å². The number of anilines is 1. The second kappa shape index (κ2) is 10.0. The van der Waals surface area contributed by atoms with Crippen molar-refractivity contribution in [3.63, 3.8) is 0 Å². The van der Waals surface area contributed by atoms with Gasteiger partial charge in [-0.3, -0.25) is 9.59 Å². The molecule has 1 fully saturated rings. The summed E-state index contributed by atoms with van der Waals surface area (Å²) in [6.07, 6.45) is -1.09. The van der Waals surface area contributed by atoms with E-state index in [1.165, 1.54) is 9.58 Å². The van der Waals surface area contributed by atoms with Crippen LogP contribution in [0, 0.1) is 0 Å². The van der Waals surface area contributed by atoms with E-state index in [2.05, 4.69) is 26.5 Å². The van der Waals surface area contributed by atoms with Gasteiger partial charge < -0.3 is 29.3 Å². The largest absolute Gasteiger partial charge is 0.539 e. The van der Waals surface area contributed by atoms with Crippen LogP contribution in [-0.2, 0) is 20.9 Å². The number of halogens is 1. The number of morpholine rings is 1. The minimum atomic E-state index is -0.946. The third-order valence-corrected chi connectivity index (χ3v) is 5.65. The Morgan fingerprint density at radius 2 is 2.00 bits per heavy atom. The van der Waals surface area contributed by atoms with Crippen LogP contribution in [0.1, 0.15) is 12.1 Å². The van der Waals surface area contributed by atoms with E-state index in [0.717, 1.165) is 4.47 Å². The van der Waals surface area contributed by atoms with Crippen molar-refractivity contribution in [2.45, 2.75) is 19.1 Å². The number of rotatable bonds is 7. The highest BCUT2D eigenvalue weighted by molar-refractivity contribution is 9.10. The maximum Gasteiger partial charge on any atom is 0.259 e. The summed E-state index contributed by atoms with van der Waals surface area (Å²) < 4.78 is 17.8. The van der Waals surface area contributed by atoms with Crippen molar-refractivity contribution in [2.24, 2.45) is 0 Å². The van der Waals surface area contributed by atoms with Gasteiger partial charge in [0.05, 0.1) is 25.4 Å². The molecule has 0 bridgehead atoms. The molecule has 2 aromatic carbocycles. The molecule has 0 aliphatic carbocycles. The topological polar surface area (TPSA) is 121 Å². The first-order valence-electron chi connectivity index (χ1n) is 10.1. The number of nitrogens with one attached hydrogen (secondary N) is 1. The minimum Gasteiger partial charge on any atom is -0.539 e. The lowest BCUT2D eigenvalue weighted by atomic mass is 10.1.